The minimum Gasteiger partial charge on any atom is -0.382 e. The van der Waals surface area contributed by atoms with Crippen LogP contribution < -0.4 is 15.5 Å². The molecule has 4 heterocycles. The summed E-state index contributed by atoms with van der Waals surface area (Å²) in [6.07, 6.45) is 4.99. The molecule has 0 atom stereocenters. The van der Waals surface area contributed by atoms with Crippen LogP contribution >= 0.6 is 0 Å². The number of carbonyl (C=O) groups excluding carboxylic acids is 1. The van der Waals surface area contributed by atoms with E-state index in [9.17, 15) is 9.18 Å². The average molecular weight is 378 g/mol. The van der Waals surface area contributed by atoms with Crippen LogP contribution in [0.5, 0.6) is 0 Å². The highest BCUT2D eigenvalue weighted by atomic mass is 19.1. The molecule has 4 rings (SSSR count). The van der Waals surface area contributed by atoms with Gasteiger partial charge in [0.15, 0.2) is 5.82 Å². The van der Waals surface area contributed by atoms with Crippen LogP contribution in [0.4, 0.5) is 26.4 Å². The number of aryl methyl sites for hydroxylation is 1. The van der Waals surface area contributed by atoms with Gasteiger partial charge in [0.05, 0.1) is 29.5 Å². The van der Waals surface area contributed by atoms with E-state index >= 15 is 0 Å². The molecule has 1 aliphatic heterocycles. The first kappa shape index (κ1) is 17.8. The molecule has 0 unspecified atom stereocenters. The van der Waals surface area contributed by atoms with Gasteiger partial charge in [-0.05, 0) is 37.6 Å². The van der Waals surface area contributed by atoms with Gasteiger partial charge in [-0.15, -0.1) is 0 Å². The number of hydrogen-bond acceptors (Lipinski definition) is 5. The Morgan fingerprint density at radius 2 is 2.14 bits per heavy atom. The van der Waals surface area contributed by atoms with Gasteiger partial charge in [-0.3, -0.25) is 14.9 Å². The van der Waals surface area contributed by atoms with E-state index in [1.54, 1.807) is 11.1 Å². The molecule has 0 saturated carbocycles. The predicted octanol–water partition coefficient (Wildman–Crippen LogP) is 3.84. The third-order valence-electron chi connectivity index (χ3n) is 4.40. The topological polar surface area (TPSA) is 83.0 Å². The molecule has 0 bridgehead atoms. The highest BCUT2D eigenvalue weighted by Crippen LogP contribution is 2.30. The Balaban J connectivity index is 1.68. The Bertz CT molecular complexity index is 1030. The highest BCUT2D eigenvalue weighted by molar-refractivity contribution is 6.03. The molecule has 1 aliphatic rings. The molecule has 0 aromatic carbocycles. The number of nitrogens with zero attached hydrogens (tertiary/aromatic N) is 4. The lowest BCUT2D eigenvalue weighted by Crippen LogP contribution is -2.36. The molecule has 142 valence electrons. The van der Waals surface area contributed by atoms with Crippen molar-refractivity contribution >= 4 is 23.2 Å². The molecule has 3 aromatic rings. The standard InChI is InChI=1S/C20H19FN6O/c1-13-9-14(5-7-23-13)17-3-4-18-19(26-17)27(8-2-6-24-18)20(28)25-16-10-15(21)11-22-12-16/h3-5,7,9-12,24H,2,6,8H2,1H3,(H,25,28). The van der Waals surface area contributed by atoms with Crippen molar-refractivity contribution in [2.75, 3.05) is 28.6 Å². The molecule has 7 nitrogen and oxygen atoms in total. The number of rotatable bonds is 2. The summed E-state index contributed by atoms with van der Waals surface area (Å²) in [5.74, 6) is 0.0236. The maximum atomic E-state index is 13.4. The Morgan fingerprint density at radius 3 is 2.96 bits per heavy atom. The van der Waals surface area contributed by atoms with E-state index in [0.717, 1.165) is 41.8 Å². The number of halogens is 1. The van der Waals surface area contributed by atoms with Crippen LogP contribution in [0, 0.1) is 12.7 Å². The maximum absolute atomic E-state index is 13.4. The molecule has 0 fully saturated rings. The number of pyridine rings is 3. The smallest absolute Gasteiger partial charge is 0.327 e. The normalized spacial score (nSPS) is 13.3. The van der Waals surface area contributed by atoms with E-state index in [2.05, 4.69) is 20.6 Å². The van der Waals surface area contributed by atoms with Crippen molar-refractivity contribution in [2.24, 2.45) is 0 Å². The number of nitrogens with one attached hydrogen (secondary N) is 2. The fourth-order valence-corrected chi connectivity index (χ4v) is 3.09. The van der Waals surface area contributed by atoms with Crippen molar-refractivity contribution in [1.29, 1.82) is 0 Å². The van der Waals surface area contributed by atoms with Crippen molar-refractivity contribution in [1.82, 2.24) is 15.0 Å². The van der Waals surface area contributed by atoms with Gasteiger partial charge in [-0.25, -0.2) is 14.2 Å². The number of fused-ring (bicyclic) bond motifs is 1. The number of carbonyl (C=O) groups is 1. The predicted molar refractivity (Wildman–Crippen MR) is 106 cm³/mol. The number of urea groups is 1. The lowest BCUT2D eigenvalue weighted by molar-refractivity contribution is 0.257. The molecule has 0 radical (unpaired) electrons. The van der Waals surface area contributed by atoms with Gasteiger partial charge in [0.2, 0.25) is 0 Å². The zero-order valence-corrected chi connectivity index (χ0v) is 15.3. The Morgan fingerprint density at radius 1 is 1.25 bits per heavy atom. The second kappa shape index (κ2) is 7.59. The van der Waals surface area contributed by atoms with E-state index in [-0.39, 0.29) is 6.03 Å². The number of hydrogen-bond donors (Lipinski definition) is 2. The summed E-state index contributed by atoms with van der Waals surface area (Å²) in [6, 6.07) is 8.51. The Kier molecular flexibility index (Phi) is 4.84. The number of anilines is 3. The summed E-state index contributed by atoms with van der Waals surface area (Å²) in [5, 5.41) is 6.00. The number of amides is 2. The number of aromatic nitrogens is 3. The van der Waals surface area contributed by atoms with Gasteiger partial charge in [0.1, 0.15) is 5.82 Å². The third kappa shape index (κ3) is 3.75. The largest absolute Gasteiger partial charge is 0.382 e. The fraction of sp³-hybridized carbons (Fsp3) is 0.200. The summed E-state index contributed by atoms with van der Waals surface area (Å²) in [4.78, 5) is 27.2. The van der Waals surface area contributed by atoms with Crippen LogP contribution in [0.3, 0.4) is 0 Å². The first-order valence-electron chi connectivity index (χ1n) is 8.97. The zero-order valence-electron chi connectivity index (χ0n) is 15.3. The summed E-state index contributed by atoms with van der Waals surface area (Å²) in [6.45, 7) is 3.13. The molecule has 0 aliphatic carbocycles. The highest BCUT2D eigenvalue weighted by Gasteiger charge is 2.23. The van der Waals surface area contributed by atoms with Crippen LogP contribution in [0.2, 0.25) is 0 Å². The minimum atomic E-state index is -0.510. The van der Waals surface area contributed by atoms with Crippen LogP contribution in [-0.4, -0.2) is 34.1 Å². The summed E-state index contributed by atoms with van der Waals surface area (Å²) >= 11 is 0. The SMILES string of the molecule is Cc1cc(-c2ccc3c(n2)N(C(=O)Nc2cncc(F)c2)CCCN3)ccn1. The monoisotopic (exact) mass is 378 g/mol. The molecule has 2 N–H and O–H groups in total. The van der Waals surface area contributed by atoms with Crippen LogP contribution in [0.25, 0.3) is 11.3 Å². The first-order valence-corrected chi connectivity index (χ1v) is 8.97. The van der Waals surface area contributed by atoms with Crippen molar-refractivity contribution in [2.45, 2.75) is 13.3 Å². The van der Waals surface area contributed by atoms with Crippen LogP contribution in [0.15, 0.2) is 48.9 Å². The van der Waals surface area contributed by atoms with E-state index in [4.69, 9.17) is 4.98 Å². The van der Waals surface area contributed by atoms with Gasteiger partial charge in [0, 0.05) is 36.6 Å². The molecule has 0 spiro atoms. The summed E-state index contributed by atoms with van der Waals surface area (Å²) in [7, 11) is 0. The third-order valence-corrected chi connectivity index (χ3v) is 4.40. The lowest BCUT2D eigenvalue weighted by Gasteiger charge is -2.22. The van der Waals surface area contributed by atoms with Crippen molar-refractivity contribution in [3.05, 3.63) is 60.4 Å². The minimum absolute atomic E-state index is 0.296. The van der Waals surface area contributed by atoms with Crippen LogP contribution in [-0.2, 0) is 0 Å². The lowest BCUT2D eigenvalue weighted by atomic mass is 10.1. The molecule has 3 aromatic heterocycles. The van der Waals surface area contributed by atoms with Gasteiger partial charge >= 0.3 is 6.03 Å². The van der Waals surface area contributed by atoms with Crippen molar-refractivity contribution < 1.29 is 9.18 Å². The average Bonchev–Trinajstić information content (AvgIpc) is 2.90. The van der Waals surface area contributed by atoms with Crippen molar-refractivity contribution in [3.63, 3.8) is 0 Å². The van der Waals surface area contributed by atoms with Gasteiger partial charge < -0.3 is 10.6 Å². The van der Waals surface area contributed by atoms with Gasteiger partial charge in [-0.1, -0.05) is 0 Å². The van der Waals surface area contributed by atoms with Gasteiger partial charge in [0.25, 0.3) is 0 Å². The zero-order chi connectivity index (χ0) is 19.5. The van der Waals surface area contributed by atoms with Crippen LogP contribution in [0.1, 0.15) is 12.1 Å². The quantitative estimate of drug-likeness (QED) is 0.708. The van der Waals surface area contributed by atoms with Gasteiger partial charge in [-0.2, -0.15) is 0 Å². The van der Waals surface area contributed by atoms with Crippen molar-refractivity contribution in [3.8, 4) is 11.3 Å². The molecular formula is C20H19FN6O. The van der Waals surface area contributed by atoms with E-state index in [0.29, 0.717) is 18.1 Å². The second-order valence-electron chi connectivity index (χ2n) is 6.51. The second-order valence-corrected chi connectivity index (χ2v) is 6.51. The Labute approximate surface area is 161 Å². The first-order chi connectivity index (χ1) is 13.6. The molecule has 0 saturated heterocycles. The summed E-state index contributed by atoms with van der Waals surface area (Å²) in [5.41, 5.74) is 3.64. The van der Waals surface area contributed by atoms with E-state index in [1.807, 2.05) is 31.2 Å². The fourth-order valence-electron chi connectivity index (χ4n) is 3.09. The van der Waals surface area contributed by atoms with E-state index in [1.165, 1.54) is 12.3 Å². The molecule has 2 amide bonds. The molecule has 28 heavy (non-hydrogen) atoms. The van der Waals surface area contributed by atoms with E-state index < -0.39 is 5.82 Å². The molecular weight excluding hydrogens is 359 g/mol. The maximum Gasteiger partial charge on any atom is 0.327 e. The summed E-state index contributed by atoms with van der Waals surface area (Å²) < 4.78 is 13.4. The Hall–Kier alpha value is -3.55. The molecule has 8 heteroatoms.